The van der Waals surface area contributed by atoms with Crippen molar-refractivity contribution in [2.75, 3.05) is 0 Å². The van der Waals surface area contributed by atoms with Crippen LogP contribution in [0.5, 0.6) is 0 Å². The molecule has 0 amide bonds. The van der Waals surface area contributed by atoms with Gasteiger partial charge in [0.15, 0.2) is 6.20 Å². The Morgan fingerprint density at radius 3 is 2.92 bits per heavy atom. The Morgan fingerprint density at radius 1 is 1.38 bits per heavy atom. The third-order valence-corrected chi connectivity index (χ3v) is 2.36. The Labute approximate surface area is 81.0 Å². The van der Waals surface area contributed by atoms with Gasteiger partial charge in [-0.25, -0.2) is 0 Å². The lowest BCUT2D eigenvalue weighted by atomic mass is 10.1. The van der Waals surface area contributed by atoms with E-state index >= 15 is 0 Å². The van der Waals surface area contributed by atoms with Crippen LogP contribution in [0.25, 0.3) is 10.8 Å². The second-order valence-electron chi connectivity index (χ2n) is 3.00. The first kappa shape index (κ1) is 8.32. The lowest BCUT2D eigenvalue weighted by molar-refractivity contribution is -0.601. The minimum Gasteiger partial charge on any atom is -0.618 e. The molecular formula is C10H8ClNO. The SMILES string of the molecule is Cc1cccc2c[n+]([O-])c(Cl)cc12. The molecule has 1 aromatic carbocycles. The Hall–Kier alpha value is -1.28. The van der Waals surface area contributed by atoms with Crippen molar-refractivity contribution in [3.05, 3.63) is 46.4 Å². The monoisotopic (exact) mass is 193 g/mol. The molecule has 3 heteroatoms. The molecule has 0 bridgehead atoms. The Kier molecular flexibility index (Phi) is 1.85. The molecule has 2 aromatic rings. The average Bonchev–Trinajstić information content (AvgIpc) is 2.09. The zero-order valence-corrected chi connectivity index (χ0v) is 7.88. The summed E-state index contributed by atoms with van der Waals surface area (Å²) in [5, 5.41) is 13.3. The van der Waals surface area contributed by atoms with Gasteiger partial charge in [0.05, 0.1) is 0 Å². The van der Waals surface area contributed by atoms with Gasteiger partial charge in [-0.2, -0.15) is 4.73 Å². The van der Waals surface area contributed by atoms with E-state index in [9.17, 15) is 5.21 Å². The fraction of sp³-hybridized carbons (Fsp3) is 0.100. The van der Waals surface area contributed by atoms with Gasteiger partial charge in [-0.3, -0.25) is 0 Å². The third-order valence-electron chi connectivity index (χ3n) is 2.09. The second-order valence-corrected chi connectivity index (χ2v) is 3.39. The second kappa shape index (κ2) is 2.89. The zero-order valence-electron chi connectivity index (χ0n) is 7.12. The van der Waals surface area contributed by atoms with E-state index in [0.29, 0.717) is 4.73 Å². The van der Waals surface area contributed by atoms with Crippen molar-refractivity contribution in [2.45, 2.75) is 6.92 Å². The standard InChI is InChI=1S/C10H8ClNO/c1-7-3-2-4-8-6-12(13)10(11)5-9(7)8/h2-6H,1H3. The lowest BCUT2D eigenvalue weighted by Crippen LogP contribution is -2.26. The van der Waals surface area contributed by atoms with E-state index in [1.54, 1.807) is 6.07 Å². The number of benzene rings is 1. The molecule has 0 aliphatic heterocycles. The Morgan fingerprint density at radius 2 is 2.15 bits per heavy atom. The van der Waals surface area contributed by atoms with Gasteiger partial charge >= 0.3 is 0 Å². The summed E-state index contributed by atoms with van der Waals surface area (Å²) in [5.74, 6) is 0. The summed E-state index contributed by atoms with van der Waals surface area (Å²) < 4.78 is 0.670. The summed E-state index contributed by atoms with van der Waals surface area (Å²) in [6.45, 7) is 1.99. The van der Waals surface area contributed by atoms with Crippen LogP contribution in [-0.2, 0) is 0 Å². The molecule has 0 fully saturated rings. The van der Waals surface area contributed by atoms with E-state index < -0.39 is 0 Å². The topological polar surface area (TPSA) is 26.9 Å². The van der Waals surface area contributed by atoms with Crippen molar-refractivity contribution in [3.63, 3.8) is 0 Å². The maximum absolute atomic E-state index is 11.1. The highest BCUT2D eigenvalue weighted by atomic mass is 35.5. The molecule has 0 aliphatic carbocycles. The van der Waals surface area contributed by atoms with Gasteiger partial charge in [0.2, 0.25) is 0 Å². The smallest absolute Gasteiger partial charge is 0.286 e. The Bertz CT molecular complexity index is 468. The van der Waals surface area contributed by atoms with Gasteiger partial charge in [0, 0.05) is 11.5 Å². The molecule has 0 saturated carbocycles. The highest BCUT2D eigenvalue weighted by molar-refractivity contribution is 6.29. The van der Waals surface area contributed by atoms with Crippen molar-refractivity contribution in [1.82, 2.24) is 0 Å². The number of aromatic nitrogens is 1. The molecular weight excluding hydrogens is 186 g/mol. The van der Waals surface area contributed by atoms with E-state index in [1.807, 2.05) is 25.1 Å². The van der Waals surface area contributed by atoms with Gasteiger partial charge in [0.25, 0.3) is 5.15 Å². The summed E-state index contributed by atoms with van der Waals surface area (Å²) >= 11 is 5.71. The number of aryl methyl sites for hydroxylation is 1. The largest absolute Gasteiger partial charge is 0.618 e. The number of hydrogen-bond acceptors (Lipinski definition) is 1. The minimum absolute atomic E-state index is 0.210. The maximum Gasteiger partial charge on any atom is 0.286 e. The van der Waals surface area contributed by atoms with E-state index in [4.69, 9.17) is 11.6 Å². The van der Waals surface area contributed by atoms with E-state index in [0.717, 1.165) is 16.3 Å². The normalized spacial score (nSPS) is 10.6. The highest BCUT2D eigenvalue weighted by Gasteiger charge is 2.05. The molecule has 0 unspecified atom stereocenters. The maximum atomic E-state index is 11.1. The summed E-state index contributed by atoms with van der Waals surface area (Å²) in [6.07, 6.45) is 1.49. The first-order chi connectivity index (χ1) is 6.18. The van der Waals surface area contributed by atoms with Crippen molar-refractivity contribution in [2.24, 2.45) is 0 Å². The number of fused-ring (bicyclic) bond motifs is 1. The third kappa shape index (κ3) is 1.33. The van der Waals surface area contributed by atoms with Crippen molar-refractivity contribution >= 4 is 22.4 Å². The van der Waals surface area contributed by atoms with Gasteiger partial charge < -0.3 is 5.21 Å². The molecule has 2 rings (SSSR count). The molecule has 2 nitrogen and oxygen atoms in total. The summed E-state index contributed by atoms with van der Waals surface area (Å²) in [4.78, 5) is 0. The van der Waals surface area contributed by atoms with E-state index in [2.05, 4.69) is 0 Å². The first-order valence-corrected chi connectivity index (χ1v) is 4.34. The van der Waals surface area contributed by atoms with Gasteiger partial charge in [-0.15, -0.1) is 0 Å². The van der Waals surface area contributed by atoms with Crippen molar-refractivity contribution < 1.29 is 4.73 Å². The summed E-state index contributed by atoms with van der Waals surface area (Å²) in [6, 6.07) is 7.51. The quantitative estimate of drug-likeness (QED) is 0.359. The fourth-order valence-electron chi connectivity index (χ4n) is 1.38. The van der Waals surface area contributed by atoms with Crippen LogP contribution < -0.4 is 4.73 Å². The summed E-state index contributed by atoms with van der Waals surface area (Å²) in [7, 11) is 0. The average molecular weight is 194 g/mol. The molecule has 66 valence electrons. The minimum atomic E-state index is 0.210. The number of pyridine rings is 1. The molecule has 0 spiro atoms. The van der Waals surface area contributed by atoms with Crippen LogP contribution in [0.15, 0.2) is 30.5 Å². The van der Waals surface area contributed by atoms with Crippen LogP contribution in [-0.4, -0.2) is 0 Å². The molecule has 0 N–H and O–H groups in total. The van der Waals surface area contributed by atoms with Gasteiger partial charge in [-0.1, -0.05) is 12.1 Å². The predicted octanol–water partition coefficient (Wildman–Crippen LogP) is 2.44. The Balaban J connectivity index is 2.89. The summed E-state index contributed by atoms with van der Waals surface area (Å²) in [5.41, 5.74) is 1.13. The number of nitrogens with zero attached hydrogens (tertiary/aromatic N) is 1. The van der Waals surface area contributed by atoms with Crippen LogP contribution in [0.2, 0.25) is 5.15 Å². The molecule has 13 heavy (non-hydrogen) atoms. The van der Waals surface area contributed by atoms with Crippen LogP contribution in [0.3, 0.4) is 0 Å². The highest BCUT2D eigenvalue weighted by Crippen LogP contribution is 2.18. The van der Waals surface area contributed by atoms with E-state index in [1.165, 1.54) is 6.20 Å². The molecule has 0 aliphatic rings. The molecule has 0 radical (unpaired) electrons. The van der Waals surface area contributed by atoms with Crippen LogP contribution in [0.4, 0.5) is 0 Å². The molecule has 0 atom stereocenters. The molecule has 0 saturated heterocycles. The lowest BCUT2D eigenvalue weighted by Gasteiger charge is -2.03. The van der Waals surface area contributed by atoms with E-state index in [-0.39, 0.29) is 5.15 Å². The number of hydrogen-bond donors (Lipinski definition) is 0. The molecule has 1 aromatic heterocycles. The van der Waals surface area contributed by atoms with Crippen molar-refractivity contribution in [1.29, 1.82) is 0 Å². The fourth-order valence-corrected chi connectivity index (χ4v) is 1.54. The van der Waals surface area contributed by atoms with Crippen LogP contribution in [0, 0.1) is 12.1 Å². The first-order valence-electron chi connectivity index (χ1n) is 3.96. The van der Waals surface area contributed by atoms with Gasteiger partial charge in [0.1, 0.15) is 0 Å². The van der Waals surface area contributed by atoms with Crippen LogP contribution in [0.1, 0.15) is 5.56 Å². The predicted molar refractivity (Wildman–Crippen MR) is 52.7 cm³/mol. The molecule has 1 heterocycles. The number of halogens is 1. The van der Waals surface area contributed by atoms with Crippen LogP contribution >= 0.6 is 11.6 Å². The van der Waals surface area contributed by atoms with Gasteiger partial charge in [-0.05, 0) is 35.5 Å². The van der Waals surface area contributed by atoms with Crippen molar-refractivity contribution in [3.8, 4) is 0 Å². The zero-order chi connectivity index (χ0) is 9.42. The number of rotatable bonds is 0.